The summed E-state index contributed by atoms with van der Waals surface area (Å²) in [6.45, 7) is 7.47. The van der Waals surface area contributed by atoms with Crippen LogP contribution in [0.5, 0.6) is 0 Å². The molecule has 7 heteroatoms. The lowest BCUT2D eigenvalue weighted by atomic mass is 9.84. The lowest BCUT2D eigenvalue weighted by Crippen LogP contribution is -2.54. The number of nitrogens with one attached hydrogen (secondary N) is 1. The van der Waals surface area contributed by atoms with Gasteiger partial charge in [0.05, 0.1) is 0 Å². The second kappa shape index (κ2) is 9.72. The number of hydrogen-bond acceptors (Lipinski definition) is 4. The average molecular weight is 464 g/mol. The number of amides is 2. The molecule has 1 aromatic rings. The molecule has 1 aliphatic heterocycles. The van der Waals surface area contributed by atoms with Crippen LogP contribution in [0.1, 0.15) is 56.6 Å². The summed E-state index contributed by atoms with van der Waals surface area (Å²) in [5.41, 5.74) is 2.98. The second-order valence-corrected chi connectivity index (χ2v) is 10.7. The highest BCUT2D eigenvalue weighted by molar-refractivity contribution is 7.81. The number of hydrogen-bond donors (Lipinski definition) is 2. The van der Waals surface area contributed by atoms with E-state index in [0.717, 1.165) is 68.7 Å². The zero-order chi connectivity index (χ0) is 22.1. The Hall–Kier alpha value is -1.24. The zero-order valence-corrected chi connectivity index (χ0v) is 20.2. The van der Waals surface area contributed by atoms with Gasteiger partial charge in [0.1, 0.15) is 0 Å². The molecular weight excluding hydrogens is 430 g/mol. The molecule has 1 heterocycles. The minimum absolute atomic E-state index is 0.0171. The molecule has 5 nitrogen and oxygen atoms in total. The average Bonchev–Trinajstić information content (AvgIpc) is 3.25. The van der Waals surface area contributed by atoms with E-state index in [9.17, 15) is 9.59 Å². The molecule has 0 aromatic heterocycles. The van der Waals surface area contributed by atoms with Crippen molar-refractivity contribution < 1.29 is 9.59 Å². The summed E-state index contributed by atoms with van der Waals surface area (Å²) < 4.78 is 0. The van der Waals surface area contributed by atoms with Gasteiger partial charge in [-0.05, 0) is 62.8 Å². The predicted octanol–water partition coefficient (Wildman–Crippen LogP) is 4.52. The Morgan fingerprint density at radius 2 is 1.90 bits per heavy atom. The molecule has 4 rings (SSSR count). The molecular formula is C24H34ClN3O2S. The molecule has 3 atom stereocenters. The second-order valence-electron chi connectivity index (χ2n) is 9.58. The summed E-state index contributed by atoms with van der Waals surface area (Å²) in [4.78, 5) is 29.9. The maximum atomic E-state index is 12.9. The zero-order valence-electron chi connectivity index (χ0n) is 18.6. The molecule has 2 amide bonds. The number of carbonyl (C=O) groups excluding carboxylic acids is 2. The number of anilines is 1. The first-order valence-electron chi connectivity index (χ1n) is 11.6. The van der Waals surface area contributed by atoms with Crippen LogP contribution < -0.4 is 5.32 Å². The van der Waals surface area contributed by atoms with Crippen molar-refractivity contribution in [1.29, 1.82) is 0 Å². The van der Waals surface area contributed by atoms with E-state index in [1.54, 1.807) is 0 Å². The predicted molar refractivity (Wildman–Crippen MR) is 129 cm³/mol. The van der Waals surface area contributed by atoms with Crippen LogP contribution in [0.4, 0.5) is 5.69 Å². The number of rotatable bonds is 5. The molecule has 2 aliphatic carbocycles. The molecule has 170 valence electrons. The standard InChI is InChI=1S/C24H34ClN3O2S/c1-15-13-27(9-10-28(15)24(30)17-5-3-4-6-17)14-18-11-19(25)12-21(16(18)2)26-23(29)20-7-8-22(20)31/h11-12,15,17,20,22,31H,3-10,13-14H2,1-2H3,(H,26,29)/t15-,20?,22?/m0/s1. The number of thiol groups is 1. The normalized spacial score (nSPS) is 27.2. The third kappa shape index (κ3) is 5.07. The van der Waals surface area contributed by atoms with Gasteiger partial charge in [-0.15, -0.1) is 0 Å². The first-order valence-corrected chi connectivity index (χ1v) is 12.5. The van der Waals surface area contributed by atoms with E-state index < -0.39 is 0 Å². The Morgan fingerprint density at radius 3 is 2.52 bits per heavy atom. The summed E-state index contributed by atoms with van der Waals surface area (Å²) >= 11 is 10.9. The van der Waals surface area contributed by atoms with E-state index in [2.05, 4.69) is 34.7 Å². The topological polar surface area (TPSA) is 52.6 Å². The maximum absolute atomic E-state index is 12.9. The van der Waals surface area contributed by atoms with Crippen molar-refractivity contribution in [1.82, 2.24) is 9.80 Å². The molecule has 1 saturated heterocycles. The van der Waals surface area contributed by atoms with Crippen LogP contribution in [-0.4, -0.2) is 52.5 Å². The molecule has 0 spiro atoms. The van der Waals surface area contributed by atoms with E-state index in [1.807, 2.05) is 19.1 Å². The van der Waals surface area contributed by atoms with Crippen LogP contribution in [0, 0.1) is 18.8 Å². The van der Waals surface area contributed by atoms with Gasteiger partial charge in [-0.2, -0.15) is 12.6 Å². The number of piperazine rings is 1. The number of nitrogens with zero attached hydrogens (tertiary/aromatic N) is 2. The van der Waals surface area contributed by atoms with Gasteiger partial charge < -0.3 is 10.2 Å². The van der Waals surface area contributed by atoms with Gasteiger partial charge in [0, 0.05) is 60.0 Å². The molecule has 2 unspecified atom stereocenters. The van der Waals surface area contributed by atoms with Crippen molar-refractivity contribution in [3.8, 4) is 0 Å². The summed E-state index contributed by atoms with van der Waals surface area (Å²) in [6.07, 6.45) is 6.37. The van der Waals surface area contributed by atoms with E-state index >= 15 is 0 Å². The Labute approximate surface area is 196 Å². The SMILES string of the molecule is Cc1c(CN2CCN(C(=O)C3CCCC3)[C@@H](C)C2)cc(Cl)cc1NC(=O)C1CCC1S. The molecule has 1 N–H and O–H groups in total. The first kappa shape index (κ1) is 22.9. The summed E-state index contributed by atoms with van der Waals surface area (Å²) in [7, 11) is 0. The fourth-order valence-electron chi connectivity index (χ4n) is 5.20. The summed E-state index contributed by atoms with van der Waals surface area (Å²) in [5, 5.41) is 3.87. The van der Waals surface area contributed by atoms with Gasteiger partial charge >= 0.3 is 0 Å². The minimum atomic E-state index is -0.0171. The summed E-state index contributed by atoms with van der Waals surface area (Å²) in [5.74, 6) is 0.613. The maximum Gasteiger partial charge on any atom is 0.228 e. The molecule has 3 fully saturated rings. The van der Waals surface area contributed by atoms with Crippen LogP contribution in [-0.2, 0) is 16.1 Å². The van der Waals surface area contributed by atoms with E-state index in [1.165, 1.54) is 12.8 Å². The van der Waals surface area contributed by atoms with Crippen molar-refractivity contribution in [3.05, 3.63) is 28.3 Å². The fraction of sp³-hybridized carbons (Fsp3) is 0.667. The Balaban J connectivity index is 1.39. The van der Waals surface area contributed by atoms with Crippen molar-refractivity contribution in [2.24, 2.45) is 11.8 Å². The highest BCUT2D eigenvalue weighted by Crippen LogP contribution is 2.34. The number of benzene rings is 1. The van der Waals surface area contributed by atoms with Crippen LogP contribution in [0.2, 0.25) is 5.02 Å². The van der Waals surface area contributed by atoms with Crippen molar-refractivity contribution >= 4 is 41.7 Å². The van der Waals surface area contributed by atoms with Gasteiger partial charge in [-0.3, -0.25) is 14.5 Å². The van der Waals surface area contributed by atoms with E-state index in [0.29, 0.717) is 10.9 Å². The molecule has 2 saturated carbocycles. The van der Waals surface area contributed by atoms with Gasteiger partial charge in [0.25, 0.3) is 0 Å². The van der Waals surface area contributed by atoms with Gasteiger partial charge in [-0.1, -0.05) is 24.4 Å². The highest BCUT2D eigenvalue weighted by Gasteiger charge is 2.35. The smallest absolute Gasteiger partial charge is 0.228 e. The van der Waals surface area contributed by atoms with E-state index in [4.69, 9.17) is 11.6 Å². The van der Waals surface area contributed by atoms with Gasteiger partial charge in [-0.25, -0.2) is 0 Å². The van der Waals surface area contributed by atoms with Crippen LogP contribution >= 0.6 is 24.2 Å². The third-order valence-electron chi connectivity index (χ3n) is 7.41. The van der Waals surface area contributed by atoms with Gasteiger partial charge in [0.15, 0.2) is 0 Å². The number of halogens is 1. The van der Waals surface area contributed by atoms with Crippen molar-refractivity contribution in [2.75, 3.05) is 25.0 Å². The van der Waals surface area contributed by atoms with Crippen LogP contribution in [0.3, 0.4) is 0 Å². The minimum Gasteiger partial charge on any atom is -0.337 e. The number of carbonyl (C=O) groups is 2. The molecule has 1 aromatic carbocycles. The largest absolute Gasteiger partial charge is 0.337 e. The third-order valence-corrected chi connectivity index (χ3v) is 8.24. The highest BCUT2D eigenvalue weighted by atomic mass is 35.5. The van der Waals surface area contributed by atoms with E-state index in [-0.39, 0.29) is 29.0 Å². The first-order chi connectivity index (χ1) is 14.8. The Bertz CT molecular complexity index is 842. The van der Waals surface area contributed by atoms with Gasteiger partial charge in [0.2, 0.25) is 11.8 Å². The van der Waals surface area contributed by atoms with Crippen molar-refractivity contribution in [2.45, 2.75) is 70.2 Å². The molecule has 0 bridgehead atoms. The lowest BCUT2D eigenvalue weighted by molar-refractivity contribution is -0.140. The lowest BCUT2D eigenvalue weighted by Gasteiger charge is -2.41. The Morgan fingerprint density at radius 1 is 1.16 bits per heavy atom. The van der Waals surface area contributed by atoms with Crippen LogP contribution in [0.25, 0.3) is 0 Å². The fourth-order valence-corrected chi connectivity index (χ4v) is 5.87. The molecule has 0 radical (unpaired) electrons. The monoisotopic (exact) mass is 463 g/mol. The quantitative estimate of drug-likeness (QED) is 0.631. The molecule has 3 aliphatic rings. The summed E-state index contributed by atoms with van der Waals surface area (Å²) in [6, 6.07) is 4.05. The molecule has 31 heavy (non-hydrogen) atoms. The van der Waals surface area contributed by atoms with Crippen molar-refractivity contribution in [3.63, 3.8) is 0 Å². The van der Waals surface area contributed by atoms with Crippen LogP contribution in [0.15, 0.2) is 12.1 Å². The Kier molecular flexibility index (Phi) is 7.19.